The van der Waals surface area contributed by atoms with E-state index >= 15 is 0 Å². The van der Waals surface area contributed by atoms with E-state index in [0.717, 1.165) is 51.6 Å². The van der Waals surface area contributed by atoms with Crippen LogP contribution in [-0.4, -0.2) is 30.0 Å². The molecule has 0 aliphatic heterocycles. The van der Waals surface area contributed by atoms with Gasteiger partial charge in [0.15, 0.2) is 0 Å². The van der Waals surface area contributed by atoms with Crippen LogP contribution in [0.25, 0.3) is 0 Å². The minimum absolute atomic E-state index is 0.0974. The molecule has 2 aliphatic carbocycles. The Hall–Kier alpha value is -1.16. The molecule has 0 spiro atoms. The van der Waals surface area contributed by atoms with Gasteiger partial charge in [-0.25, -0.2) is 0 Å². The van der Waals surface area contributed by atoms with Gasteiger partial charge in [-0.2, -0.15) is 0 Å². The van der Waals surface area contributed by atoms with Crippen molar-refractivity contribution in [3.8, 4) is 0 Å². The third-order valence-corrected chi connectivity index (χ3v) is 5.89. The molecule has 1 fully saturated rings. The normalized spacial score (nSPS) is 29.2. The van der Waals surface area contributed by atoms with Crippen LogP contribution in [0.2, 0.25) is 0 Å². The number of aliphatic hydroxyl groups is 1. The largest absolute Gasteiger partial charge is 0.394 e. The fourth-order valence-corrected chi connectivity index (χ4v) is 4.27. The summed E-state index contributed by atoms with van der Waals surface area (Å²) in [5.74, 6) is 0.500. The van der Waals surface area contributed by atoms with E-state index in [1.807, 2.05) is 0 Å². The quantitative estimate of drug-likeness (QED) is 0.739. The highest BCUT2D eigenvalue weighted by Crippen LogP contribution is 2.40. The third kappa shape index (κ3) is 4.72. The van der Waals surface area contributed by atoms with Crippen LogP contribution in [0.3, 0.4) is 0 Å². The van der Waals surface area contributed by atoms with Crippen molar-refractivity contribution in [3.05, 3.63) is 47.0 Å². The molecule has 0 saturated heterocycles. The monoisotopic (exact) mass is 343 g/mol. The second kappa shape index (κ2) is 8.48. The van der Waals surface area contributed by atoms with Crippen molar-refractivity contribution in [1.82, 2.24) is 0 Å². The molecule has 0 heterocycles. The Labute approximate surface area is 152 Å². The molecule has 0 bridgehead atoms. The first kappa shape index (κ1) is 18.6. The molecule has 1 aromatic rings. The third-order valence-electron chi connectivity index (χ3n) is 5.89. The molecule has 2 aliphatic rings. The zero-order valence-corrected chi connectivity index (χ0v) is 15.5. The number of hydrogen-bond acceptors (Lipinski definition) is 3. The highest BCUT2D eigenvalue weighted by atomic mass is 16.5. The Morgan fingerprint density at radius 1 is 1.28 bits per heavy atom. The number of fused-ring (bicyclic) bond motifs is 1. The maximum atomic E-state index is 9.49. The van der Waals surface area contributed by atoms with Gasteiger partial charge in [-0.3, -0.25) is 0 Å². The van der Waals surface area contributed by atoms with E-state index < -0.39 is 0 Å². The molecule has 25 heavy (non-hydrogen) atoms. The molecule has 0 amide bonds. The molecule has 1 saturated carbocycles. The Bertz CT molecular complexity index is 598. The topological polar surface area (TPSA) is 55.5 Å². The van der Waals surface area contributed by atoms with Crippen LogP contribution in [0, 0.1) is 0 Å². The molecule has 0 aromatic heterocycles. The van der Waals surface area contributed by atoms with Gasteiger partial charge in [-0.15, -0.1) is 0 Å². The van der Waals surface area contributed by atoms with E-state index in [-0.39, 0.29) is 12.1 Å². The van der Waals surface area contributed by atoms with Gasteiger partial charge in [0, 0.05) is 5.54 Å². The lowest BCUT2D eigenvalue weighted by Crippen LogP contribution is -2.40. The SMILES string of the molecule is CCC/C=C\COC1CCc2cc([C@H]3CC[C@](N)(CO)C3)ccc2C1. The number of aryl methyl sites for hydroxylation is 1. The van der Waals surface area contributed by atoms with E-state index in [9.17, 15) is 5.11 Å². The van der Waals surface area contributed by atoms with Crippen LogP contribution in [0.5, 0.6) is 0 Å². The van der Waals surface area contributed by atoms with E-state index in [1.165, 1.54) is 23.1 Å². The summed E-state index contributed by atoms with van der Waals surface area (Å²) in [5.41, 5.74) is 10.2. The molecule has 3 rings (SSSR count). The number of allylic oxidation sites excluding steroid dienone is 1. The zero-order chi connectivity index (χ0) is 17.7. The lowest BCUT2D eigenvalue weighted by molar-refractivity contribution is 0.0641. The molecule has 3 nitrogen and oxygen atoms in total. The van der Waals surface area contributed by atoms with Crippen molar-refractivity contribution >= 4 is 0 Å². The van der Waals surface area contributed by atoms with Crippen molar-refractivity contribution in [3.63, 3.8) is 0 Å². The molecule has 1 aromatic carbocycles. The number of nitrogens with two attached hydrogens (primary N) is 1. The highest BCUT2D eigenvalue weighted by Gasteiger charge is 2.36. The number of aliphatic hydroxyl groups excluding tert-OH is 1. The summed E-state index contributed by atoms with van der Waals surface area (Å²) in [6, 6.07) is 6.96. The number of ether oxygens (including phenoxy) is 1. The van der Waals surface area contributed by atoms with Crippen molar-refractivity contribution < 1.29 is 9.84 Å². The summed E-state index contributed by atoms with van der Waals surface area (Å²) in [6.07, 6.45) is 13.2. The summed E-state index contributed by atoms with van der Waals surface area (Å²) in [7, 11) is 0. The van der Waals surface area contributed by atoms with E-state index in [2.05, 4.69) is 37.3 Å². The predicted octanol–water partition coefficient (Wildman–Crippen LogP) is 3.87. The molecule has 3 N–H and O–H groups in total. The van der Waals surface area contributed by atoms with Gasteiger partial charge in [0.1, 0.15) is 0 Å². The first-order valence-corrected chi connectivity index (χ1v) is 9.91. The summed E-state index contributed by atoms with van der Waals surface area (Å²) >= 11 is 0. The van der Waals surface area contributed by atoms with Gasteiger partial charge in [-0.05, 0) is 67.6 Å². The molecule has 3 atom stereocenters. The van der Waals surface area contributed by atoms with Crippen molar-refractivity contribution in [1.29, 1.82) is 0 Å². The minimum Gasteiger partial charge on any atom is -0.394 e. The maximum absolute atomic E-state index is 9.49. The molecule has 0 radical (unpaired) electrons. The van der Waals surface area contributed by atoms with Crippen LogP contribution in [0.1, 0.15) is 68.1 Å². The molecular formula is C22H33NO2. The molecular weight excluding hydrogens is 310 g/mol. The van der Waals surface area contributed by atoms with Gasteiger partial charge >= 0.3 is 0 Å². The van der Waals surface area contributed by atoms with Gasteiger partial charge in [-0.1, -0.05) is 43.7 Å². The highest BCUT2D eigenvalue weighted by molar-refractivity contribution is 5.36. The maximum Gasteiger partial charge on any atom is 0.0651 e. The Balaban J connectivity index is 1.56. The Kier molecular flexibility index (Phi) is 6.32. The van der Waals surface area contributed by atoms with Crippen LogP contribution in [0.4, 0.5) is 0 Å². The first-order valence-electron chi connectivity index (χ1n) is 9.91. The number of hydrogen-bond donors (Lipinski definition) is 2. The molecule has 138 valence electrons. The number of benzene rings is 1. The van der Waals surface area contributed by atoms with Gasteiger partial charge in [0.25, 0.3) is 0 Å². The molecule has 3 heteroatoms. The smallest absolute Gasteiger partial charge is 0.0651 e. The number of rotatable bonds is 7. The van der Waals surface area contributed by atoms with E-state index in [4.69, 9.17) is 10.5 Å². The van der Waals surface area contributed by atoms with Crippen molar-refractivity contribution in [2.45, 2.75) is 75.9 Å². The lowest BCUT2D eigenvalue weighted by Gasteiger charge is -2.26. The molecule has 1 unspecified atom stereocenters. The van der Waals surface area contributed by atoms with Crippen LogP contribution < -0.4 is 5.73 Å². The summed E-state index contributed by atoms with van der Waals surface area (Å²) in [4.78, 5) is 0. The van der Waals surface area contributed by atoms with Crippen LogP contribution in [0.15, 0.2) is 30.4 Å². The standard InChI is InChI=1S/C22H33NO2/c1-2-3-4-5-12-25-21-9-8-17-13-18(6-7-19(17)14-21)20-10-11-22(23,15-20)16-24/h4-7,13,20-21,24H,2-3,8-12,14-16,23H2,1H3/b5-4-/t20-,21?,22+/m0/s1. The van der Waals surface area contributed by atoms with Gasteiger partial charge in [0.05, 0.1) is 19.3 Å². The van der Waals surface area contributed by atoms with Crippen LogP contribution >= 0.6 is 0 Å². The second-order valence-corrected chi connectivity index (χ2v) is 7.95. The fraction of sp³-hybridized carbons (Fsp3) is 0.636. The predicted molar refractivity (Wildman–Crippen MR) is 103 cm³/mol. The summed E-state index contributed by atoms with van der Waals surface area (Å²) in [5, 5.41) is 9.49. The van der Waals surface area contributed by atoms with Crippen molar-refractivity contribution in [2.75, 3.05) is 13.2 Å². The van der Waals surface area contributed by atoms with E-state index in [0.29, 0.717) is 12.0 Å². The summed E-state index contributed by atoms with van der Waals surface area (Å²) < 4.78 is 6.03. The van der Waals surface area contributed by atoms with Gasteiger partial charge < -0.3 is 15.6 Å². The lowest BCUT2D eigenvalue weighted by atomic mass is 9.85. The van der Waals surface area contributed by atoms with Crippen molar-refractivity contribution in [2.24, 2.45) is 5.73 Å². The average molecular weight is 344 g/mol. The minimum atomic E-state index is -0.370. The number of unbranched alkanes of at least 4 members (excludes halogenated alkanes) is 1. The van der Waals surface area contributed by atoms with E-state index in [1.54, 1.807) is 0 Å². The first-order chi connectivity index (χ1) is 12.1. The second-order valence-electron chi connectivity index (χ2n) is 7.95. The fourth-order valence-electron chi connectivity index (χ4n) is 4.27. The Morgan fingerprint density at radius 3 is 2.92 bits per heavy atom. The Morgan fingerprint density at radius 2 is 2.16 bits per heavy atom. The van der Waals surface area contributed by atoms with Gasteiger partial charge in [0.2, 0.25) is 0 Å². The zero-order valence-electron chi connectivity index (χ0n) is 15.5. The van der Waals surface area contributed by atoms with Crippen LogP contribution in [-0.2, 0) is 17.6 Å². The average Bonchev–Trinajstić information content (AvgIpc) is 3.04. The summed E-state index contributed by atoms with van der Waals surface area (Å²) in [6.45, 7) is 3.03.